The lowest BCUT2D eigenvalue weighted by Crippen LogP contribution is -2.44. The molecule has 3 aromatic heterocycles. The standard InChI is InChI=1S/C20H19N7O4S/c1-11-5-6-22-27(11)20-25-24-19(32-20)23-17(28)15-9-14-16(18(29)31-15)30-8-7-26(14)13-4-2-3-12(13)10-21/h5-6,9,12-13H,2-4,7-8H2,1H3,(H,23,24,28)/t12-,13-/m0/s1. The van der Waals surface area contributed by atoms with E-state index in [1.54, 1.807) is 10.9 Å². The lowest BCUT2D eigenvalue weighted by atomic mass is 10.0. The van der Waals surface area contributed by atoms with Crippen molar-refractivity contribution in [2.45, 2.75) is 32.2 Å². The van der Waals surface area contributed by atoms with Crippen LogP contribution in [0.2, 0.25) is 0 Å². The summed E-state index contributed by atoms with van der Waals surface area (Å²) in [5.41, 5.74) is 0.631. The molecule has 0 unspecified atom stereocenters. The Labute approximate surface area is 186 Å². The van der Waals surface area contributed by atoms with Gasteiger partial charge in [0.1, 0.15) is 6.61 Å². The van der Waals surface area contributed by atoms with Gasteiger partial charge >= 0.3 is 5.63 Å². The van der Waals surface area contributed by atoms with Crippen LogP contribution in [-0.4, -0.2) is 45.1 Å². The maximum atomic E-state index is 12.8. The van der Waals surface area contributed by atoms with E-state index in [0.717, 1.165) is 36.3 Å². The van der Waals surface area contributed by atoms with Gasteiger partial charge in [-0.3, -0.25) is 10.1 Å². The van der Waals surface area contributed by atoms with Crippen molar-refractivity contribution in [2.75, 3.05) is 23.4 Å². The number of carbonyl (C=O) groups is 1. The Balaban J connectivity index is 1.42. The molecule has 1 aliphatic heterocycles. The molecule has 0 aromatic carbocycles. The molecule has 0 radical (unpaired) electrons. The van der Waals surface area contributed by atoms with Crippen LogP contribution in [0.15, 0.2) is 27.5 Å². The Kier molecular flexibility index (Phi) is 5.10. The van der Waals surface area contributed by atoms with Crippen molar-refractivity contribution in [1.29, 1.82) is 5.26 Å². The zero-order chi connectivity index (χ0) is 22.2. The molecule has 12 heteroatoms. The number of nitrogens with zero attached hydrogens (tertiary/aromatic N) is 6. The third-order valence-electron chi connectivity index (χ3n) is 5.69. The topological polar surface area (TPSA) is 139 Å². The molecule has 1 fully saturated rings. The molecule has 1 N–H and O–H groups in total. The van der Waals surface area contributed by atoms with E-state index < -0.39 is 11.5 Å². The van der Waals surface area contributed by atoms with Gasteiger partial charge in [0.15, 0.2) is 5.76 Å². The number of hydrogen-bond acceptors (Lipinski definition) is 10. The van der Waals surface area contributed by atoms with Crippen LogP contribution in [0, 0.1) is 24.2 Å². The molecule has 5 rings (SSSR count). The molecule has 0 spiro atoms. The minimum absolute atomic E-state index is 0.0246. The van der Waals surface area contributed by atoms with Crippen LogP contribution in [0.5, 0.6) is 5.75 Å². The van der Waals surface area contributed by atoms with Gasteiger partial charge in [0.25, 0.3) is 5.91 Å². The Morgan fingerprint density at radius 1 is 1.38 bits per heavy atom. The molecular formula is C20H19N7O4S. The van der Waals surface area contributed by atoms with E-state index in [-0.39, 0.29) is 28.6 Å². The summed E-state index contributed by atoms with van der Waals surface area (Å²) >= 11 is 1.14. The van der Waals surface area contributed by atoms with E-state index in [1.165, 1.54) is 6.07 Å². The van der Waals surface area contributed by atoms with Gasteiger partial charge in [0, 0.05) is 24.0 Å². The number of rotatable bonds is 4. The molecule has 3 aromatic rings. The number of aromatic nitrogens is 4. The highest BCUT2D eigenvalue weighted by Gasteiger charge is 2.36. The summed E-state index contributed by atoms with van der Waals surface area (Å²) in [6.45, 7) is 2.73. The third kappa shape index (κ3) is 3.50. The summed E-state index contributed by atoms with van der Waals surface area (Å²) in [5.74, 6) is -0.846. The summed E-state index contributed by atoms with van der Waals surface area (Å²) < 4.78 is 12.4. The van der Waals surface area contributed by atoms with Crippen LogP contribution in [-0.2, 0) is 0 Å². The molecule has 2 aliphatic rings. The van der Waals surface area contributed by atoms with Gasteiger partial charge in [-0.25, -0.2) is 9.48 Å². The van der Waals surface area contributed by atoms with E-state index in [2.05, 4.69) is 26.7 Å². The first-order valence-corrected chi connectivity index (χ1v) is 11.0. The fraction of sp³-hybridized carbons (Fsp3) is 0.400. The highest BCUT2D eigenvalue weighted by atomic mass is 32.1. The monoisotopic (exact) mass is 453 g/mol. The minimum atomic E-state index is -0.728. The van der Waals surface area contributed by atoms with Crippen molar-refractivity contribution in [3.63, 3.8) is 0 Å². The molecule has 1 amide bonds. The number of anilines is 2. The van der Waals surface area contributed by atoms with Gasteiger partial charge in [-0.1, -0.05) is 11.3 Å². The Hall–Kier alpha value is -3.72. The van der Waals surface area contributed by atoms with E-state index in [1.807, 2.05) is 17.9 Å². The lowest BCUT2D eigenvalue weighted by molar-refractivity contribution is 0.0990. The molecule has 11 nitrogen and oxygen atoms in total. The predicted octanol–water partition coefficient (Wildman–Crippen LogP) is 2.13. The quantitative estimate of drug-likeness (QED) is 0.629. The summed E-state index contributed by atoms with van der Waals surface area (Å²) in [6, 6.07) is 5.66. The maximum Gasteiger partial charge on any atom is 0.381 e. The highest BCUT2D eigenvalue weighted by Crippen LogP contribution is 2.38. The number of nitriles is 1. The van der Waals surface area contributed by atoms with Gasteiger partial charge in [-0.2, -0.15) is 10.4 Å². The van der Waals surface area contributed by atoms with Crippen LogP contribution in [0.1, 0.15) is 35.5 Å². The molecule has 1 saturated carbocycles. The summed E-state index contributed by atoms with van der Waals surface area (Å²) in [4.78, 5) is 27.4. The molecular weight excluding hydrogens is 434 g/mol. The zero-order valence-electron chi connectivity index (χ0n) is 17.1. The first kappa shape index (κ1) is 20.2. The van der Waals surface area contributed by atoms with Crippen molar-refractivity contribution in [3.05, 3.63) is 40.2 Å². The molecule has 0 bridgehead atoms. The molecule has 4 heterocycles. The van der Waals surface area contributed by atoms with Gasteiger partial charge in [0.05, 0.1) is 24.2 Å². The van der Waals surface area contributed by atoms with Crippen LogP contribution in [0.25, 0.3) is 5.13 Å². The Bertz CT molecular complexity index is 1270. The SMILES string of the molecule is Cc1ccnn1-c1nnc(NC(=O)c2cc3c(c(=O)o2)OCCN3[C@H]2CCC[C@H]2C#N)s1. The number of aryl methyl sites for hydroxylation is 1. The summed E-state index contributed by atoms with van der Waals surface area (Å²) in [7, 11) is 0. The van der Waals surface area contributed by atoms with Gasteiger partial charge < -0.3 is 14.1 Å². The Morgan fingerprint density at radius 2 is 2.25 bits per heavy atom. The fourth-order valence-electron chi connectivity index (χ4n) is 4.18. The molecule has 2 atom stereocenters. The number of ether oxygens (including phenoxy) is 1. The van der Waals surface area contributed by atoms with Crippen molar-refractivity contribution in [2.24, 2.45) is 5.92 Å². The molecule has 164 valence electrons. The van der Waals surface area contributed by atoms with Gasteiger partial charge in [-0.15, -0.1) is 10.2 Å². The third-order valence-corrected chi connectivity index (χ3v) is 6.51. The fourth-order valence-corrected chi connectivity index (χ4v) is 4.94. The average molecular weight is 453 g/mol. The lowest BCUT2D eigenvalue weighted by Gasteiger charge is -2.36. The van der Waals surface area contributed by atoms with Crippen LogP contribution < -0.4 is 20.6 Å². The van der Waals surface area contributed by atoms with E-state index in [0.29, 0.717) is 24.0 Å². The first-order chi connectivity index (χ1) is 15.5. The largest absolute Gasteiger partial charge is 0.483 e. The second-order valence-corrected chi connectivity index (χ2v) is 8.57. The van der Waals surface area contributed by atoms with Crippen molar-refractivity contribution >= 4 is 28.1 Å². The number of hydrogen-bond donors (Lipinski definition) is 1. The van der Waals surface area contributed by atoms with Crippen molar-refractivity contribution in [3.8, 4) is 17.0 Å². The molecule has 0 saturated heterocycles. The number of carbonyl (C=O) groups excluding carboxylic acids is 1. The zero-order valence-corrected chi connectivity index (χ0v) is 18.0. The number of amides is 1. The Morgan fingerprint density at radius 3 is 3.03 bits per heavy atom. The smallest absolute Gasteiger partial charge is 0.381 e. The average Bonchev–Trinajstić information content (AvgIpc) is 3.54. The highest BCUT2D eigenvalue weighted by molar-refractivity contribution is 7.17. The van der Waals surface area contributed by atoms with Crippen LogP contribution in [0.3, 0.4) is 0 Å². The van der Waals surface area contributed by atoms with Crippen molar-refractivity contribution in [1.82, 2.24) is 20.0 Å². The number of fused-ring (bicyclic) bond motifs is 1. The maximum absolute atomic E-state index is 12.8. The first-order valence-electron chi connectivity index (χ1n) is 10.2. The molecule has 32 heavy (non-hydrogen) atoms. The van der Waals surface area contributed by atoms with E-state index in [9.17, 15) is 14.9 Å². The second kappa shape index (κ2) is 8.08. The summed E-state index contributed by atoms with van der Waals surface area (Å²) in [6.07, 6.45) is 4.25. The van der Waals surface area contributed by atoms with Gasteiger partial charge in [-0.05, 0) is 32.3 Å². The number of nitrogens with one attached hydrogen (secondary N) is 1. The van der Waals surface area contributed by atoms with Gasteiger partial charge in [0.2, 0.25) is 16.0 Å². The minimum Gasteiger partial charge on any atom is -0.483 e. The summed E-state index contributed by atoms with van der Waals surface area (Å²) in [5, 5.41) is 25.0. The van der Waals surface area contributed by atoms with Crippen molar-refractivity contribution < 1.29 is 13.9 Å². The molecule has 1 aliphatic carbocycles. The normalized spacial score (nSPS) is 19.8. The predicted molar refractivity (Wildman–Crippen MR) is 114 cm³/mol. The van der Waals surface area contributed by atoms with E-state index in [4.69, 9.17) is 9.15 Å². The van der Waals surface area contributed by atoms with Crippen LogP contribution in [0.4, 0.5) is 10.8 Å². The van der Waals surface area contributed by atoms with Crippen LogP contribution >= 0.6 is 11.3 Å². The van der Waals surface area contributed by atoms with E-state index >= 15 is 0 Å². The second-order valence-electron chi connectivity index (χ2n) is 7.62.